The molecule has 0 atom stereocenters. The highest BCUT2D eigenvalue weighted by Crippen LogP contribution is 2.24. The zero-order valence-electron chi connectivity index (χ0n) is 16.1. The Morgan fingerprint density at radius 3 is 2.64 bits per heavy atom. The lowest BCUT2D eigenvalue weighted by atomic mass is 10.1. The third-order valence-electron chi connectivity index (χ3n) is 4.09. The van der Waals surface area contributed by atoms with E-state index in [9.17, 15) is 4.79 Å². The standard InChI is InChI=1S/C20H23N5O2S/c1-4-27-16-9-7-15(8-10-16)19-23-24-20(25(19)21)28-12-18(26)22-17-11-13(2)5-6-14(17)3/h5-11H,4,12,21H2,1-3H3,(H,22,26). The van der Waals surface area contributed by atoms with Crippen molar-refractivity contribution in [2.75, 3.05) is 23.5 Å². The largest absolute Gasteiger partial charge is 0.494 e. The monoisotopic (exact) mass is 397 g/mol. The Morgan fingerprint density at radius 1 is 1.18 bits per heavy atom. The number of thioether (sulfide) groups is 1. The summed E-state index contributed by atoms with van der Waals surface area (Å²) in [6.45, 7) is 6.49. The molecule has 0 aliphatic heterocycles. The van der Waals surface area contributed by atoms with Crippen LogP contribution in [-0.2, 0) is 4.79 Å². The number of hydrogen-bond donors (Lipinski definition) is 2. The van der Waals surface area contributed by atoms with Crippen LogP contribution in [0.4, 0.5) is 5.69 Å². The fourth-order valence-corrected chi connectivity index (χ4v) is 3.28. The number of carbonyl (C=O) groups is 1. The first-order chi connectivity index (χ1) is 13.5. The summed E-state index contributed by atoms with van der Waals surface area (Å²) in [4.78, 5) is 12.3. The van der Waals surface area contributed by atoms with Gasteiger partial charge in [-0.2, -0.15) is 0 Å². The molecule has 0 fully saturated rings. The van der Waals surface area contributed by atoms with E-state index < -0.39 is 0 Å². The number of anilines is 1. The van der Waals surface area contributed by atoms with E-state index in [1.54, 1.807) is 0 Å². The van der Waals surface area contributed by atoms with Gasteiger partial charge in [-0.05, 0) is 62.2 Å². The number of carbonyl (C=O) groups excluding carboxylic acids is 1. The second kappa shape index (κ2) is 8.79. The molecule has 0 aliphatic carbocycles. The maximum absolute atomic E-state index is 12.3. The van der Waals surface area contributed by atoms with E-state index in [0.717, 1.165) is 28.1 Å². The SMILES string of the molecule is CCOc1ccc(-c2nnc(SCC(=O)Nc3cc(C)ccc3C)n2N)cc1. The van der Waals surface area contributed by atoms with Crippen LogP contribution in [0.3, 0.4) is 0 Å². The molecule has 2 aromatic carbocycles. The van der Waals surface area contributed by atoms with Gasteiger partial charge < -0.3 is 15.9 Å². The van der Waals surface area contributed by atoms with E-state index >= 15 is 0 Å². The Hall–Kier alpha value is -3.00. The summed E-state index contributed by atoms with van der Waals surface area (Å²) in [5.74, 6) is 7.50. The topological polar surface area (TPSA) is 95.1 Å². The second-order valence-corrected chi connectivity index (χ2v) is 7.23. The number of hydrogen-bond acceptors (Lipinski definition) is 6. The van der Waals surface area contributed by atoms with Crippen molar-refractivity contribution in [1.82, 2.24) is 14.9 Å². The van der Waals surface area contributed by atoms with Crippen LogP contribution < -0.4 is 15.9 Å². The summed E-state index contributed by atoms with van der Waals surface area (Å²) in [7, 11) is 0. The molecular formula is C20H23N5O2S. The molecule has 0 aliphatic rings. The van der Waals surface area contributed by atoms with Crippen LogP contribution in [0.2, 0.25) is 0 Å². The first-order valence-corrected chi connectivity index (χ1v) is 9.90. The minimum Gasteiger partial charge on any atom is -0.494 e. The summed E-state index contributed by atoms with van der Waals surface area (Å²) >= 11 is 1.24. The van der Waals surface area contributed by atoms with E-state index in [0.29, 0.717) is 17.6 Å². The highest BCUT2D eigenvalue weighted by molar-refractivity contribution is 7.99. The molecule has 8 heteroatoms. The maximum Gasteiger partial charge on any atom is 0.234 e. The van der Waals surface area contributed by atoms with E-state index in [1.807, 2.05) is 63.2 Å². The van der Waals surface area contributed by atoms with Gasteiger partial charge >= 0.3 is 0 Å². The second-order valence-electron chi connectivity index (χ2n) is 6.29. The molecular weight excluding hydrogens is 374 g/mol. The van der Waals surface area contributed by atoms with Gasteiger partial charge in [0.05, 0.1) is 12.4 Å². The lowest BCUT2D eigenvalue weighted by molar-refractivity contribution is -0.113. The minimum atomic E-state index is -0.121. The molecule has 0 saturated heterocycles. The molecule has 1 amide bonds. The Balaban J connectivity index is 1.64. The summed E-state index contributed by atoms with van der Waals surface area (Å²) in [5, 5.41) is 11.6. The number of nitrogens with two attached hydrogens (primary N) is 1. The van der Waals surface area contributed by atoms with Crippen molar-refractivity contribution in [3.63, 3.8) is 0 Å². The number of amides is 1. The molecule has 0 unspecified atom stereocenters. The van der Waals surface area contributed by atoms with Gasteiger partial charge in [-0.15, -0.1) is 10.2 Å². The third kappa shape index (κ3) is 4.64. The smallest absolute Gasteiger partial charge is 0.234 e. The molecule has 3 aromatic rings. The molecule has 28 heavy (non-hydrogen) atoms. The van der Waals surface area contributed by atoms with E-state index in [4.69, 9.17) is 10.6 Å². The highest BCUT2D eigenvalue weighted by Gasteiger charge is 2.14. The van der Waals surface area contributed by atoms with Crippen molar-refractivity contribution in [3.8, 4) is 17.1 Å². The molecule has 3 N–H and O–H groups in total. The van der Waals surface area contributed by atoms with Crippen molar-refractivity contribution in [3.05, 3.63) is 53.6 Å². The number of ether oxygens (including phenoxy) is 1. The van der Waals surface area contributed by atoms with Crippen molar-refractivity contribution in [2.24, 2.45) is 0 Å². The van der Waals surface area contributed by atoms with E-state index in [1.165, 1.54) is 16.4 Å². The van der Waals surface area contributed by atoms with Gasteiger partial charge in [0.15, 0.2) is 5.82 Å². The Morgan fingerprint density at radius 2 is 1.93 bits per heavy atom. The number of nitrogen functional groups attached to an aromatic ring is 1. The molecule has 1 heterocycles. The predicted molar refractivity (Wildman–Crippen MR) is 112 cm³/mol. The van der Waals surface area contributed by atoms with E-state index in [2.05, 4.69) is 15.5 Å². The maximum atomic E-state index is 12.3. The summed E-state index contributed by atoms with van der Waals surface area (Å²) in [6.07, 6.45) is 0. The summed E-state index contributed by atoms with van der Waals surface area (Å²) in [6, 6.07) is 13.4. The molecule has 1 aromatic heterocycles. The number of benzene rings is 2. The van der Waals surface area contributed by atoms with Crippen molar-refractivity contribution in [2.45, 2.75) is 25.9 Å². The quantitative estimate of drug-likeness (QED) is 0.469. The number of nitrogens with one attached hydrogen (secondary N) is 1. The van der Waals surface area contributed by atoms with Gasteiger partial charge in [-0.1, -0.05) is 23.9 Å². The normalized spacial score (nSPS) is 10.7. The third-order valence-corrected chi connectivity index (χ3v) is 5.03. The van der Waals surface area contributed by atoms with Crippen LogP contribution in [0.1, 0.15) is 18.1 Å². The number of nitrogens with zero attached hydrogens (tertiary/aromatic N) is 3. The number of rotatable bonds is 7. The van der Waals surface area contributed by atoms with E-state index in [-0.39, 0.29) is 11.7 Å². The molecule has 7 nitrogen and oxygen atoms in total. The average molecular weight is 398 g/mol. The molecule has 0 bridgehead atoms. The Kier molecular flexibility index (Phi) is 6.20. The fourth-order valence-electron chi connectivity index (χ4n) is 2.63. The van der Waals surface area contributed by atoms with Gasteiger partial charge in [0.25, 0.3) is 0 Å². The minimum absolute atomic E-state index is 0.121. The summed E-state index contributed by atoms with van der Waals surface area (Å²) < 4.78 is 6.83. The van der Waals surface area contributed by atoms with Crippen LogP contribution in [0.25, 0.3) is 11.4 Å². The number of aryl methyl sites for hydroxylation is 2. The summed E-state index contributed by atoms with van der Waals surface area (Å²) in [5.41, 5.74) is 3.75. The van der Waals surface area contributed by atoms with Gasteiger partial charge in [0.2, 0.25) is 11.1 Å². The van der Waals surface area contributed by atoms with Crippen LogP contribution in [0.15, 0.2) is 47.6 Å². The van der Waals surface area contributed by atoms with Gasteiger partial charge in [0.1, 0.15) is 5.75 Å². The fraction of sp³-hybridized carbons (Fsp3) is 0.250. The average Bonchev–Trinajstić information content (AvgIpc) is 3.04. The van der Waals surface area contributed by atoms with Crippen LogP contribution in [-0.4, -0.2) is 33.1 Å². The Bertz CT molecular complexity index is 969. The zero-order chi connectivity index (χ0) is 20.1. The zero-order valence-corrected chi connectivity index (χ0v) is 16.9. The van der Waals surface area contributed by atoms with Crippen LogP contribution >= 0.6 is 11.8 Å². The molecule has 0 radical (unpaired) electrons. The highest BCUT2D eigenvalue weighted by atomic mass is 32.2. The van der Waals surface area contributed by atoms with Crippen LogP contribution in [0, 0.1) is 13.8 Å². The van der Waals surface area contributed by atoms with Crippen molar-refractivity contribution >= 4 is 23.4 Å². The lowest BCUT2D eigenvalue weighted by Crippen LogP contribution is -2.17. The van der Waals surface area contributed by atoms with Crippen molar-refractivity contribution in [1.29, 1.82) is 0 Å². The van der Waals surface area contributed by atoms with Gasteiger partial charge in [0, 0.05) is 11.3 Å². The van der Waals surface area contributed by atoms with Gasteiger partial charge in [-0.25, -0.2) is 4.68 Å². The molecule has 146 valence electrons. The number of aromatic nitrogens is 3. The first kappa shape index (κ1) is 19.8. The Labute approximate surface area is 168 Å². The van der Waals surface area contributed by atoms with Gasteiger partial charge in [-0.3, -0.25) is 4.79 Å². The predicted octanol–water partition coefficient (Wildman–Crippen LogP) is 3.41. The molecule has 3 rings (SSSR count). The first-order valence-electron chi connectivity index (χ1n) is 8.91. The molecule has 0 saturated carbocycles. The molecule has 0 spiro atoms. The van der Waals surface area contributed by atoms with Crippen LogP contribution in [0.5, 0.6) is 5.75 Å². The lowest BCUT2D eigenvalue weighted by Gasteiger charge is -2.09. The van der Waals surface area contributed by atoms with Crippen molar-refractivity contribution < 1.29 is 9.53 Å².